The number of hydrogen-bond acceptors (Lipinski definition) is 1. The van der Waals surface area contributed by atoms with Gasteiger partial charge in [0.25, 0.3) is 0 Å². The molecular formula is C12H17NO. The van der Waals surface area contributed by atoms with Gasteiger partial charge in [0.2, 0.25) is 5.91 Å². The predicted molar refractivity (Wildman–Crippen MR) is 58.9 cm³/mol. The highest BCUT2D eigenvalue weighted by molar-refractivity contribution is 5.77. The summed E-state index contributed by atoms with van der Waals surface area (Å²) in [7, 11) is 0. The average molecular weight is 191 g/mol. The van der Waals surface area contributed by atoms with E-state index in [1.807, 2.05) is 0 Å². The van der Waals surface area contributed by atoms with E-state index in [4.69, 9.17) is 0 Å². The summed E-state index contributed by atoms with van der Waals surface area (Å²) >= 11 is 0. The van der Waals surface area contributed by atoms with E-state index in [9.17, 15) is 4.79 Å². The highest BCUT2D eigenvalue weighted by atomic mass is 16.1. The standard InChI is InChI=1S/C12H17NO/c1-2-6-12(14)13-10-5-9-11-7-3-4-8-11/h2-4,7H,1,5-6,8-10H2,(H,13,14). The van der Waals surface area contributed by atoms with Gasteiger partial charge < -0.3 is 5.32 Å². The SMILES string of the molecule is C=CCC(=O)NCCCC1=CC=CC1. The van der Waals surface area contributed by atoms with Crippen LogP contribution in [0, 0.1) is 0 Å². The molecule has 0 aromatic carbocycles. The zero-order chi connectivity index (χ0) is 10.2. The molecule has 1 rings (SSSR count). The molecule has 0 saturated heterocycles. The van der Waals surface area contributed by atoms with Crippen LogP contribution in [-0.2, 0) is 4.79 Å². The zero-order valence-corrected chi connectivity index (χ0v) is 8.46. The number of carbonyl (C=O) groups is 1. The third-order valence-corrected chi connectivity index (χ3v) is 2.17. The van der Waals surface area contributed by atoms with Crippen LogP contribution in [0.25, 0.3) is 0 Å². The van der Waals surface area contributed by atoms with E-state index >= 15 is 0 Å². The molecule has 0 atom stereocenters. The Morgan fingerprint density at radius 1 is 1.64 bits per heavy atom. The van der Waals surface area contributed by atoms with Crippen LogP contribution in [-0.4, -0.2) is 12.5 Å². The molecule has 2 nitrogen and oxygen atoms in total. The van der Waals surface area contributed by atoms with Crippen molar-refractivity contribution in [1.29, 1.82) is 0 Å². The molecule has 0 aromatic heterocycles. The number of amides is 1. The highest BCUT2D eigenvalue weighted by Crippen LogP contribution is 2.15. The minimum Gasteiger partial charge on any atom is -0.356 e. The number of nitrogens with one attached hydrogen (secondary N) is 1. The van der Waals surface area contributed by atoms with Crippen molar-refractivity contribution < 1.29 is 4.79 Å². The average Bonchev–Trinajstić information content (AvgIpc) is 2.65. The molecule has 0 aliphatic heterocycles. The van der Waals surface area contributed by atoms with Crippen molar-refractivity contribution in [2.75, 3.05) is 6.54 Å². The molecule has 0 unspecified atom stereocenters. The lowest BCUT2D eigenvalue weighted by atomic mass is 10.1. The third-order valence-electron chi connectivity index (χ3n) is 2.17. The van der Waals surface area contributed by atoms with Crippen LogP contribution in [0.3, 0.4) is 0 Å². The van der Waals surface area contributed by atoms with Crippen molar-refractivity contribution in [3.63, 3.8) is 0 Å². The van der Waals surface area contributed by atoms with Crippen LogP contribution in [0.5, 0.6) is 0 Å². The molecule has 0 bridgehead atoms. The molecule has 0 aromatic rings. The molecular weight excluding hydrogens is 174 g/mol. The summed E-state index contributed by atoms with van der Waals surface area (Å²) in [5, 5.41) is 2.85. The fourth-order valence-corrected chi connectivity index (χ4v) is 1.42. The fraction of sp³-hybridized carbons (Fsp3) is 0.417. The number of carbonyl (C=O) groups excluding carboxylic acids is 1. The molecule has 0 saturated carbocycles. The summed E-state index contributed by atoms with van der Waals surface area (Å²) < 4.78 is 0. The van der Waals surface area contributed by atoms with Crippen molar-refractivity contribution in [2.24, 2.45) is 0 Å². The highest BCUT2D eigenvalue weighted by Gasteiger charge is 2.00. The van der Waals surface area contributed by atoms with Crippen LogP contribution in [0.4, 0.5) is 0 Å². The Balaban J connectivity index is 1.99. The van der Waals surface area contributed by atoms with Crippen molar-refractivity contribution in [1.82, 2.24) is 5.32 Å². The maximum absolute atomic E-state index is 11.0. The van der Waals surface area contributed by atoms with Gasteiger partial charge in [-0.1, -0.05) is 29.9 Å². The van der Waals surface area contributed by atoms with Crippen LogP contribution in [0.15, 0.2) is 36.5 Å². The van der Waals surface area contributed by atoms with E-state index in [0.29, 0.717) is 6.42 Å². The second-order valence-electron chi connectivity index (χ2n) is 3.40. The van der Waals surface area contributed by atoms with E-state index < -0.39 is 0 Å². The van der Waals surface area contributed by atoms with Crippen molar-refractivity contribution in [2.45, 2.75) is 25.7 Å². The van der Waals surface area contributed by atoms with E-state index in [1.165, 1.54) is 5.57 Å². The molecule has 2 heteroatoms. The summed E-state index contributed by atoms with van der Waals surface area (Å²) in [5.74, 6) is 0.0681. The Morgan fingerprint density at radius 2 is 2.50 bits per heavy atom. The number of hydrogen-bond donors (Lipinski definition) is 1. The van der Waals surface area contributed by atoms with Crippen LogP contribution in [0.2, 0.25) is 0 Å². The molecule has 1 aliphatic carbocycles. The van der Waals surface area contributed by atoms with Crippen LogP contribution >= 0.6 is 0 Å². The molecule has 1 aliphatic rings. The molecule has 0 spiro atoms. The van der Waals surface area contributed by atoms with Crippen molar-refractivity contribution >= 4 is 5.91 Å². The first-order valence-electron chi connectivity index (χ1n) is 5.05. The van der Waals surface area contributed by atoms with Gasteiger partial charge in [-0.05, 0) is 19.3 Å². The molecule has 0 heterocycles. The summed E-state index contributed by atoms with van der Waals surface area (Å²) in [5.41, 5.74) is 1.46. The molecule has 0 radical (unpaired) electrons. The Hall–Kier alpha value is -1.31. The lowest BCUT2D eigenvalue weighted by Gasteiger charge is -2.03. The lowest BCUT2D eigenvalue weighted by molar-refractivity contribution is -0.120. The van der Waals surface area contributed by atoms with Crippen molar-refractivity contribution in [3.05, 3.63) is 36.5 Å². The number of allylic oxidation sites excluding steroid dienone is 4. The van der Waals surface area contributed by atoms with Gasteiger partial charge in [-0.15, -0.1) is 6.58 Å². The molecule has 0 fully saturated rings. The minimum absolute atomic E-state index is 0.0681. The summed E-state index contributed by atoms with van der Waals surface area (Å²) in [6.45, 7) is 4.28. The van der Waals surface area contributed by atoms with E-state index in [1.54, 1.807) is 6.08 Å². The molecule has 76 valence electrons. The van der Waals surface area contributed by atoms with Gasteiger partial charge in [0.1, 0.15) is 0 Å². The van der Waals surface area contributed by atoms with E-state index in [-0.39, 0.29) is 5.91 Å². The predicted octanol–water partition coefficient (Wildman–Crippen LogP) is 2.35. The first-order chi connectivity index (χ1) is 6.83. The largest absolute Gasteiger partial charge is 0.356 e. The Bertz CT molecular complexity index is 263. The molecule has 1 N–H and O–H groups in total. The van der Waals surface area contributed by atoms with Gasteiger partial charge in [-0.2, -0.15) is 0 Å². The second-order valence-corrected chi connectivity index (χ2v) is 3.40. The second kappa shape index (κ2) is 6.19. The summed E-state index contributed by atoms with van der Waals surface area (Å²) in [4.78, 5) is 11.0. The smallest absolute Gasteiger partial charge is 0.223 e. The van der Waals surface area contributed by atoms with Crippen LogP contribution < -0.4 is 5.32 Å². The van der Waals surface area contributed by atoms with Gasteiger partial charge in [0.15, 0.2) is 0 Å². The van der Waals surface area contributed by atoms with Crippen LogP contribution in [0.1, 0.15) is 25.7 Å². The normalized spacial score (nSPS) is 13.9. The van der Waals surface area contributed by atoms with E-state index in [2.05, 4.69) is 30.1 Å². The van der Waals surface area contributed by atoms with Gasteiger partial charge in [0, 0.05) is 13.0 Å². The topological polar surface area (TPSA) is 29.1 Å². The Kier molecular flexibility index (Phi) is 4.76. The van der Waals surface area contributed by atoms with Gasteiger partial charge >= 0.3 is 0 Å². The summed E-state index contributed by atoms with van der Waals surface area (Å²) in [6, 6.07) is 0. The lowest BCUT2D eigenvalue weighted by Crippen LogP contribution is -2.23. The summed E-state index contributed by atoms with van der Waals surface area (Å²) in [6.07, 6.45) is 11.6. The molecule has 14 heavy (non-hydrogen) atoms. The Morgan fingerprint density at radius 3 is 3.14 bits per heavy atom. The van der Waals surface area contributed by atoms with Crippen molar-refractivity contribution in [3.8, 4) is 0 Å². The monoisotopic (exact) mass is 191 g/mol. The first kappa shape index (κ1) is 10.8. The Labute approximate surface area is 85.4 Å². The van der Waals surface area contributed by atoms with E-state index in [0.717, 1.165) is 25.8 Å². The number of rotatable bonds is 6. The first-order valence-corrected chi connectivity index (χ1v) is 5.05. The maximum atomic E-state index is 11.0. The third kappa shape index (κ3) is 4.08. The fourth-order valence-electron chi connectivity index (χ4n) is 1.42. The quantitative estimate of drug-likeness (QED) is 0.506. The van der Waals surface area contributed by atoms with Gasteiger partial charge in [-0.25, -0.2) is 0 Å². The minimum atomic E-state index is 0.0681. The maximum Gasteiger partial charge on any atom is 0.223 e. The van der Waals surface area contributed by atoms with Gasteiger partial charge in [-0.3, -0.25) is 4.79 Å². The molecule has 1 amide bonds. The zero-order valence-electron chi connectivity index (χ0n) is 8.46. The van der Waals surface area contributed by atoms with Gasteiger partial charge in [0.05, 0.1) is 0 Å².